The van der Waals surface area contributed by atoms with Crippen LogP contribution in [-0.2, 0) is 16.6 Å². The number of hydrogen-bond acceptors (Lipinski definition) is 3. The van der Waals surface area contributed by atoms with Crippen LogP contribution >= 0.6 is 0 Å². The molecule has 1 heterocycles. The zero-order valence-corrected chi connectivity index (χ0v) is 12.9. The molecule has 0 saturated heterocycles. The van der Waals surface area contributed by atoms with Crippen molar-refractivity contribution >= 4 is 28.9 Å². The van der Waals surface area contributed by atoms with E-state index in [0.29, 0.717) is 19.4 Å². The number of aryl methyl sites for hydroxylation is 3. The number of carbonyl (C=O) groups is 2. The lowest BCUT2D eigenvalue weighted by Crippen LogP contribution is -2.28. The number of benzene rings is 1. The smallest absolute Gasteiger partial charge is 0.228 e. The summed E-state index contributed by atoms with van der Waals surface area (Å²) in [5.74, 6) is -0.258. The summed E-state index contributed by atoms with van der Waals surface area (Å²) in [6.45, 7) is 4.78. The summed E-state index contributed by atoms with van der Waals surface area (Å²) in [4.78, 5) is 23.6. The van der Waals surface area contributed by atoms with Crippen LogP contribution in [-0.4, -0.2) is 30.5 Å². The number of anilines is 1. The van der Waals surface area contributed by atoms with Crippen LogP contribution in [0.3, 0.4) is 0 Å². The van der Waals surface area contributed by atoms with Gasteiger partial charge < -0.3 is 9.47 Å². The third-order valence-electron chi connectivity index (χ3n) is 3.88. The number of amides is 2. The predicted molar refractivity (Wildman–Crippen MR) is 84.5 cm³/mol. The Kier molecular flexibility index (Phi) is 4.31. The molecular weight excluding hydrogens is 266 g/mol. The first-order valence-electron chi connectivity index (χ1n) is 6.95. The van der Waals surface area contributed by atoms with Crippen molar-refractivity contribution < 1.29 is 9.59 Å². The predicted octanol–water partition coefficient (Wildman–Crippen LogP) is 1.89. The van der Waals surface area contributed by atoms with Crippen molar-refractivity contribution in [2.24, 2.45) is 7.05 Å². The Bertz CT molecular complexity index is 688. The van der Waals surface area contributed by atoms with Gasteiger partial charge >= 0.3 is 0 Å². The highest BCUT2D eigenvalue weighted by atomic mass is 16.2. The lowest BCUT2D eigenvalue weighted by Gasteiger charge is -2.22. The molecule has 1 aromatic carbocycles. The SMILES string of the molecule is Cc1cn(C)c2ccc(N(C)CCC(=O)NC=O)c(C)c12. The molecule has 0 aliphatic rings. The van der Waals surface area contributed by atoms with Crippen molar-refractivity contribution in [3.63, 3.8) is 0 Å². The minimum atomic E-state index is -0.258. The minimum absolute atomic E-state index is 0.258. The zero-order valence-electron chi connectivity index (χ0n) is 12.9. The molecule has 0 aliphatic heterocycles. The lowest BCUT2D eigenvalue weighted by atomic mass is 10.1. The molecule has 0 fully saturated rings. The van der Waals surface area contributed by atoms with Crippen LogP contribution in [0.25, 0.3) is 10.9 Å². The van der Waals surface area contributed by atoms with E-state index in [2.05, 4.69) is 42.1 Å². The second-order valence-electron chi connectivity index (χ2n) is 5.38. The molecule has 2 aromatic rings. The van der Waals surface area contributed by atoms with E-state index in [-0.39, 0.29) is 5.91 Å². The molecule has 1 N–H and O–H groups in total. The molecule has 2 amide bonds. The molecule has 0 unspecified atom stereocenters. The number of imide groups is 1. The fourth-order valence-corrected chi connectivity index (χ4v) is 2.84. The number of nitrogens with one attached hydrogen (secondary N) is 1. The molecule has 112 valence electrons. The third-order valence-corrected chi connectivity index (χ3v) is 3.88. The Labute approximate surface area is 124 Å². The largest absolute Gasteiger partial charge is 0.374 e. The van der Waals surface area contributed by atoms with Crippen LogP contribution in [0.2, 0.25) is 0 Å². The van der Waals surface area contributed by atoms with Crippen LogP contribution in [0, 0.1) is 13.8 Å². The van der Waals surface area contributed by atoms with Crippen LogP contribution in [0.1, 0.15) is 17.5 Å². The van der Waals surface area contributed by atoms with Crippen molar-refractivity contribution in [2.45, 2.75) is 20.3 Å². The zero-order chi connectivity index (χ0) is 15.6. The Morgan fingerprint density at radius 2 is 2.10 bits per heavy atom. The van der Waals surface area contributed by atoms with E-state index in [1.54, 1.807) is 0 Å². The number of nitrogens with zero attached hydrogens (tertiary/aromatic N) is 2. The molecule has 0 atom stereocenters. The highest BCUT2D eigenvalue weighted by molar-refractivity contribution is 5.91. The van der Waals surface area contributed by atoms with Gasteiger partial charge in [0.2, 0.25) is 12.3 Å². The van der Waals surface area contributed by atoms with E-state index in [4.69, 9.17) is 0 Å². The van der Waals surface area contributed by atoms with E-state index in [1.807, 2.05) is 19.0 Å². The van der Waals surface area contributed by atoms with Crippen molar-refractivity contribution in [1.29, 1.82) is 0 Å². The summed E-state index contributed by atoms with van der Waals surface area (Å²) in [5, 5.41) is 3.42. The van der Waals surface area contributed by atoms with Crippen molar-refractivity contribution in [3.8, 4) is 0 Å². The van der Waals surface area contributed by atoms with Crippen molar-refractivity contribution in [1.82, 2.24) is 9.88 Å². The van der Waals surface area contributed by atoms with Gasteiger partial charge in [-0.15, -0.1) is 0 Å². The second kappa shape index (κ2) is 5.99. The van der Waals surface area contributed by atoms with Crippen LogP contribution in [0.5, 0.6) is 0 Å². The van der Waals surface area contributed by atoms with E-state index in [1.165, 1.54) is 22.0 Å². The van der Waals surface area contributed by atoms with Crippen LogP contribution in [0.15, 0.2) is 18.3 Å². The van der Waals surface area contributed by atoms with Gasteiger partial charge in [0.05, 0.1) is 0 Å². The van der Waals surface area contributed by atoms with Gasteiger partial charge in [0, 0.05) is 49.8 Å². The quantitative estimate of drug-likeness (QED) is 0.855. The van der Waals surface area contributed by atoms with Gasteiger partial charge in [0.1, 0.15) is 0 Å². The van der Waals surface area contributed by atoms with Gasteiger partial charge in [-0.25, -0.2) is 0 Å². The van der Waals surface area contributed by atoms with Gasteiger partial charge in [-0.2, -0.15) is 0 Å². The molecule has 0 bridgehead atoms. The first-order valence-corrected chi connectivity index (χ1v) is 6.95. The average Bonchev–Trinajstić information content (AvgIpc) is 2.72. The molecule has 0 radical (unpaired) electrons. The topological polar surface area (TPSA) is 54.3 Å². The number of aromatic nitrogens is 1. The molecule has 0 aliphatic carbocycles. The number of rotatable bonds is 5. The maximum absolute atomic E-state index is 11.4. The van der Waals surface area contributed by atoms with Gasteiger partial charge in [-0.3, -0.25) is 14.9 Å². The maximum atomic E-state index is 11.4. The van der Waals surface area contributed by atoms with E-state index in [0.717, 1.165) is 5.69 Å². The van der Waals surface area contributed by atoms with Crippen LogP contribution < -0.4 is 10.2 Å². The molecule has 1 aromatic heterocycles. The summed E-state index contributed by atoms with van der Waals surface area (Å²) in [6.07, 6.45) is 2.84. The highest BCUT2D eigenvalue weighted by Crippen LogP contribution is 2.30. The van der Waals surface area contributed by atoms with Gasteiger partial charge in [0.15, 0.2) is 0 Å². The molecular formula is C16H21N3O2. The Morgan fingerprint density at radius 3 is 2.76 bits per heavy atom. The average molecular weight is 287 g/mol. The molecule has 5 heteroatoms. The monoisotopic (exact) mass is 287 g/mol. The molecule has 21 heavy (non-hydrogen) atoms. The first kappa shape index (κ1) is 15.1. The Hall–Kier alpha value is -2.30. The third kappa shape index (κ3) is 2.91. The number of carbonyl (C=O) groups excluding carboxylic acids is 2. The number of hydrogen-bond donors (Lipinski definition) is 1. The standard InChI is InChI=1S/C16H21N3O2/c1-11-9-19(4)14-6-5-13(12(2)16(11)14)18(3)8-7-15(21)17-10-20/h5-6,9-10H,7-8H2,1-4H3,(H,17,20,21). The highest BCUT2D eigenvalue weighted by Gasteiger charge is 2.13. The molecule has 5 nitrogen and oxygen atoms in total. The summed E-state index contributed by atoms with van der Waals surface area (Å²) in [5.41, 5.74) is 4.78. The van der Waals surface area contributed by atoms with Gasteiger partial charge in [0.25, 0.3) is 0 Å². The Morgan fingerprint density at radius 1 is 1.38 bits per heavy atom. The van der Waals surface area contributed by atoms with E-state index < -0.39 is 0 Å². The van der Waals surface area contributed by atoms with Crippen molar-refractivity contribution in [2.75, 3.05) is 18.5 Å². The summed E-state index contributed by atoms with van der Waals surface area (Å²) < 4.78 is 2.12. The number of fused-ring (bicyclic) bond motifs is 1. The first-order chi connectivity index (χ1) is 9.95. The lowest BCUT2D eigenvalue weighted by molar-refractivity contribution is -0.125. The van der Waals surface area contributed by atoms with E-state index in [9.17, 15) is 9.59 Å². The second-order valence-corrected chi connectivity index (χ2v) is 5.38. The molecule has 2 rings (SSSR count). The Balaban J connectivity index is 2.25. The summed E-state index contributed by atoms with van der Waals surface area (Å²) in [7, 11) is 4.00. The fourth-order valence-electron chi connectivity index (χ4n) is 2.84. The molecule has 0 saturated carbocycles. The normalized spacial score (nSPS) is 10.7. The molecule has 0 spiro atoms. The minimum Gasteiger partial charge on any atom is -0.374 e. The van der Waals surface area contributed by atoms with E-state index >= 15 is 0 Å². The van der Waals surface area contributed by atoms with Gasteiger partial charge in [-0.05, 0) is 37.1 Å². The summed E-state index contributed by atoms with van der Waals surface area (Å²) in [6, 6.07) is 4.18. The van der Waals surface area contributed by atoms with Gasteiger partial charge in [-0.1, -0.05) is 0 Å². The van der Waals surface area contributed by atoms with Crippen LogP contribution in [0.4, 0.5) is 5.69 Å². The summed E-state index contributed by atoms with van der Waals surface area (Å²) >= 11 is 0. The van der Waals surface area contributed by atoms with Crippen molar-refractivity contribution in [3.05, 3.63) is 29.5 Å². The maximum Gasteiger partial charge on any atom is 0.228 e. The fraction of sp³-hybridized carbons (Fsp3) is 0.375.